The number of hydrogen-bond acceptors (Lipinski definition) is 3. The van der Waals surface area contributed by atoms with Gasteiger partial charge in [-0.05, 0) is 17.5 Å². The average Bonchev–Trinajstić information content (AvgIpc) is 2.74. The second kappa shape index (κ2) is 4.81. The molecule has 1 aromatic carbocycles. The molecule has 4 nitrogen and oxygen atoms in total. The molecule has 4 heteroatoms. The largest absolute Gasteiger partial charge is 0.384 e. The van der Waals surface area contributed by atoms with Crippen molar-refractivity contribution >= 4 is 5.82 Å². The molecule has 16 heavy (non-hydrogen) atoms. The van der Waals surface area contributed by atoms with E-state index in [2.05, 4.69) is 22.3 Å². The van der Waals surface area contributed by atoms with Gasteiger partial charge in [0.25, 0.3) is 0 Å². The number of rotatable bonds is 4. The maximum atomic E-state index is 5.75. The van der Waals surface area contributed by atoms with Gasteiger partial charge in [-0.25, -0.2) is 0 Å². The first-order valence-electron chi connectivity index (χ1n) is 5.18. The number of nitrogens with two attached hydrogens (primary N) is 1. The molecule has 0 aliphatic heterocycles. The van der Waals surface area contributed by atoms with Crippen molar-refractivity contribution in [3.8, 4) is 11.1 Å². The molecule has 3 N–H and O–H groups in total. The Balaban J connectivity index is 2.16. The van der Waals surface area contributed by atoms with Crippen LogP contribution in [-0.4, -0.2) is 23.9 Å². The number of H-pyrrole nitrogens is 1. The topological polar surface area (TPSA) is 63.9 Å². The summed E-state index contributed by atoms with van der Waals surface area (Å²) >= 11 is 0. The van der Waals surface area contributed by atoms with E-state index in [-0.39, 0.29) is 0 Å². The predicted molar refractivity (Wildman–Crippen MR) is 64.0 cm³/mol. The summed E-state index contributed by atoms with van der Waals surface area (Å²) in [5.41, 5.74) is 9.03. The third-order valence-corrected chi connectivity index (χ3v) is 2.53. The Morgan fingerprint density at radius 2 is 2.06 bits per heavy atom. The van der Waals surface area contributed by atoms with Gasteiger partial charge in [0, 0.05) is 12.7 Å². The number of nitrogens with zero attached hydrogens (tertiary/aromatic N) is 1. The summed E-state index contributed by atoms with van der Waals surface area (Å²) in [4.78, 5) is 0. The van der Waals surface area contributed by atoms with E-state index in [1.54, 1.807) is 13.3 Å². The molecule has 0 aliphatic rings. The van der Waals surface area contributed by atoms with E-state index in [1.807, 2.05) is 12.1 Å². The van der Waals surface area contributed by atoms with Gasteiger partial charge < -0.3 is 10.5 Å². The van der Waals surface area contributed by atoms with Crippen LogP contribution in [0.15, 0.2) is 30.5 Å². The molecule has 0 bridgehead atoms. The van der Waals surface area contributed by atoms with Crippen LogP contribution < -0.4 is 5.73 Å². The van der Waals surface area contributed by atoms with Crippen LogP contribution in [0.1, 0.15) is 5.56 Å². The van der Waals surface area contributed by atoms with Gasteiger partial charge in [-0.1, -0.05) is 24.3 Å². The third-order valence-electron chi connectivity index (χ3n) is 2.53. The van der Waals surface area contributed by atoms with Crippen LogP contribution in [-0.2, 0) is 11.2 Å². The number of benzene rings is 1. The summed E-state index contributed by atoms with van der Waals surface area (Å²) in [5, 5.41) is 6.62. The Kier molecular flexibility index (Phi) is 3.22. The maximum Gasteiger partial charge on any atom is 0.126 e. The summed E-state index contributed by atoms with van der Waals surface area (Å²) < 4.78 is 5.03. The molecule has 0 spiro atoms. The highest BCUT2D eigenvalue weighted by Gasteiger charge is 2.03. The molecule has 1 heterocycles. The molecule has 0 atom stereocenters. The number of anilines is 1. The van der Waals surface area contributed by atoms with E-state index < -0.39 is 0 Å². The third kappa shape index (κ3) is 2.23. The van der Waals surface area contributed by atoms with Crippen molar-refractivity contribution in [1.29, 1.82) is 0 Å². The highest BCUT2D eigenvalue weighted by Crippen LogP contribution is 2.23. The first kappa shape index (κ1) is 10.7. The van der Waals surface area contributed by atoms with Gasteiger partial charge in [0.2, 0.25) is 0 Å². The predicted octanol–water partition coefficient (Wildman–Crippen LogP) is 1.85. The number of nitrogens with one attached hydrogen (secondary N) is 1. The van der Waals surface area contributed by atoms with Gasteiger partial charge in [-0.15, -0.1) is 0 Å². The number of aromatic amines is 1. The Morgan fingerprint density at radius 1 is 1.31 bits per heavy atom. The highest BCUT2D eigenvalue weighted by atomic mass is 16.5. The Labute approximate surface area is 94.4 Å². The summed E-state index contributed by atoms with van der Waals surface area (Å²) in [6.45, 7) is 0.743. The fraction of sp³-hybridized carbons (Fsp3) is 0.250. The van der Waals surface area contributed by atoms with Gasteiger partial charge in [-0.2, -0.15) is 5.10 Å². The van der Waals surface area contributed by atoms with Crippen LogP contribution in [0.25, 0.3) is 11.1 Å². The van der Waals surface area contributed by atoms with Crippen molar-refractivity contribution < 1.29 is 4.74 Å². The maximum absolute atomic E-state index is 5.75. The van der Waals surface area contributed by atoms with Crippen LogP contribution in [0.3, 0.4) is 0 Å². The van der Waals surface area contributed by atoms with Crippen molar-refractivity contribution in [3.63, 3.8) is 0 Å². The second-order valence-electron chi connectivity index (χ2n) is 3.64. The average molecular weight is 217 g/mol. The number of aromatic nitrogens is 2. The van der Waals surface area contributed by atoms with E-state index in [9.17, 15) is 0 Å². The molecule has 84 valence electrons. The minimum absolute atomic E-state index is 0.602. The molecule has 0 saturated heterocycles. The Hall–Kier alpha value is -1.81. The minimum atomic E-state index is 0.602. The molecule has 1 aromatic heterocycles. The normalized spacial score (nSPS) is 10.6. The van der Waals surface area contributed by atoms with Gasteiger partial charge >= 0.3 is 0 Å². The first-order valence-corrected chi connectivity index (χ1v) is 5.18. The molecule has 0 amide bonds. The monoisotopic (exact) mass is 217 g/mol. The standard InChI is InChI=1S/C12H15N3O/c1-16-7-6-9-2-4-10(5-3-9)11-8-14-15-12(11)13/h2-5,8H,6-7H2,1H3,(H3,13,14,15). The summed E-state index contributed by atoms with van der Waals surface area (Å²) in [6.07, 6.45) is 2.66. The number of hydrogen-bond donors (Lipinski definition) is 2. The van der Waals surface area contributed by atoms with Crippen LogP contribution in [0.2, 0.25) is 0 Å². The van der Waals surface area contributed by atoms with Gasteiger partial charge in [-0.3, -0.25) is 5.10 Å². The lowest BCUT2D eigenvalue weighted by molar-refractivity contribution is 0.202. The fourth-order valence-corrected chi connectivity index (χ4v) is 1.60. The second-order valence-corrected chi connectivity index (χ2v) is 3.64. The lowest BCUT2D eigenvalue weighted by Crippen LogP contribution is -1.94. The molecule has 0 unspecified atom stereocenters. The highest BCUT2D eigenvalue weighted by molar-refractivity contribution is 5.72. The van der Waals surface area contributed by atoms with E-state index in [4.69, 9.17) is 10.5 Å². The molecular weight excluding hydrogens is 202 g/mol. The van der Waals surface area contributed by atoms with E-state index in [1.165, 1.54) is 5.56 Å². The Bertz CT molecular complexity index is 448. The molecule has 0 radical (unpaired) electrons. The van der Waals surface area contributed by atoms with E-state index >= 15 is 0 Å². The Morgan fingerprint density at radius 3 is 2.62 bits per heavy atom. The quantitative estimate of drug-likeness (QED) is 0.821. The van der Waals surface area contributed by atoms with Crippen LogP contribution in [0.5, 0.6) is 0 Å². The number of nitrogen functional groups attached to an aromatic ring is 1. The van der Waals surface area contributed by atoms with Gasteiger partial charge in [0.05, 0.1) is 12.8 Å². The lowest BCUT2D eigenvalue weighted by Gasteiger charge is -2.03. The minimum Gasteiger partial charge on any atom is -0.384 e. The summed E-state index contributed by atoms with van der Waals surface area (Å²) in [7, 11) is 1.71. The molecule has 0 aliphatic carbocycles. The lowest BCUT2D eigenvalue weighted by atomic mass is 10.1. The van der Waals surface area contributed by atoms with Crippen molar-refractivity contribution in [3.05, 3.63) is 36.0 Å². The number of methoxy groups -OCH3 is 1. The molecular formula is C12H15N3O. The summed E-state index contributed by atoms with van der Waals surface area (Å²) in [6, 6.07) is 8.26. The first-order chi connectivity index (χ1) is 7.81. The zero-order valence-corrected chi connectivity index (χ0v) is 9.23. The smallest absolute Gasteiger partial charge is 0.126 e. The van der Waals surface area contributed by atoms with Crippen molar-refractivity contribution in [2.45, 2.75) is 6.42 Å². The van der Waals surface area contributed by atoms with Gasteiger partial charge in [0.1, 0.15) is 5.82 Å². The zero-order chi connectivity index (χ0) is 11.4. The molecule has 2 rings (SSSR count). The summed E-state index contributed by atoms with van der Waals surface area (Å²) in [5.74, 6) is 0.602. The van der Waals surface area contributed by atoms with Crippen molar-refractivity contribution in [1.82, 2.24) is 10.2 Å². The van der Waals surface area contributed by atoms with E-state index in [0.717, 1.165) is 24.2 Å². The van der Waals surface area contributed by atoms with Crippen molar-refractivity contribution in [2.24, 2.45) is 0 Å². The van der Waals surface area contributed by atoms with Crippen LogP contribution >= 0.6 is 0 Å². The fourth-order valence-electron chi connectivity index (χ4n) is 1.60. The van der Waals surface area contributed by atoms with Crippen molar-refractivity contribution in [2.75, 3.05) is 19.5 Å². The molecule has 0 saturated carbocycles. The van der Waals surface area contributed by atoms with Crippen LogP contribution in [0, 0.1) is 0 Å². The van der Waals surface area contributed by atoms with E-state index in [0.29, 0.717) is 5.82 Å². The van der Waals surface area contributed by atoms with Crippen LogP contribution in [0.4, 0.5) is 5.82 Å². The SMILES string of the molecule is COCCc1ccc(-c2cn[nH]c2N)cc1. The number of ether oxygens (including phenoxy) is 1. The molecule has 2 aromatic rings. The van der Waals surface area contributed by atoms with Gasteiger partial charge in [0.15, 0.2) is 0 Å². The zero-order valence-electron chi connectivity index (χ0n) is 9.23. The molecule has 0 fully saturated rings.